The van der Waals surface area contributed by atoms with E-state index in [1.54, 1.807) is 12.3 Å². The van der Waals surface area contributed by atoms with E-state index in [2.05, 4.69) is 63.0 Å². The van der Waals surface area contributed by atoms with Crippen molar-refractivity contribution in [3.05, 3.63) is 100 Å². The minimum Gasteiger partial charge on any atom is -0.375 e. The minimum atomic E-state index is -0.282. The number of halogens is 1. The van der Waals surface area contributed by atoms with E-state index in [-0.39, 0.29) is 24.6 Å². The number of nitrogens with zero attached hydrogens (tertiary/aromatic N) is 4. The monoisotopic (exact) mass is 560 g/mol. The molecule has 0 bridgehead atoms. The molecule has 1 aliphatic rings. The first kappa shape index (κ1) is 26.8. The highest BCUT2D eigenvalue weighted by Crippen LogP contribution is 2.44. The number of nitrogens with one attached hydrogen (secondary N) is 2. The highest BCUT2D eigenvalue weighted by Gasteiger charge is 2.42. The van der Waals surface area contributed by atoms with Crippen molar-refractivity contribution in [1.82, 2.24) is 19.9 Å². The van der Waals surface area contributed by atoms with Crippen LogP contribution in [-0.2, 0) is 9.53 Å². The Balaban J connectivity index is 1.62. The Hall–Kier alpha value is -3.79. The first-order chi connectivity index (χ1) is 18.8. The number of methoxy groups -OCH3 is 1. The molecule has 5 rings (SSSR count). The number of amides is 1. The van der Waals surface area contributed by atoms with E-state index in [4.69, 9.17) is 28.6 Å². The van der Waals surface area contributed by atoms with Gasteiger partial charge in [-0.05, 0) is 86.6 Å². The van der Waals surface area contributed by atoms with Gasteiger partial charge in [-0.25, -0.2) is 4.98 Å². The number of hydrogen-bond acceptors (Lipinski definition) is 5. The zero-order valence-electron chi connectivity index (χ0n) is 22.1. The van der Waals surface area contributed by atoms with Gasteiger partial charge in [0.1, 0.15) is 12.4 Å². The van der Waals surface area contributed by atoms with Crippen molar-refractivity contribution < 1.29 is 9.53 Å². The lowest BCUT2D eigenvalue weighted by Gasteiger charge is -2.28. The van der Waals surface area contributed by atoms with E-state index in [1.165, 1.54) is 7.11 Å². The van der Waals surface area contributed by atoms with Gasteiger partial charge in [-0.2, -0.15) is 0 Å². The maximum absolute atomic E-state index is 12.1. The molecule has 2 atom stereocenters. The number of pyridine rings is 2. The van der Waals surface area contributed by atoms with Crippen molar-refractivity contribution in [2.45, 2.75) is 32.9 Å². The quantitative estimate of drug-likeness (QED) is 0.284. The van der Waals surface area contributed by atoms with Crippen LogP contribution in [0.4, 0.5) is 11.4 Å². The third-order valence-electron chi connectivity index (χ3n) is 6.86. The van der Waals surface area contributed by atoms with Crippen LogP contribution in [0.3, 0.4) is 0 Å². The molecule has 8 nitrogen and oxygen atoms in total. The van der Waals surface area contributed by atoms with Crippen LogP contribution >= 0.6 is 23.8 Å². The van der Waals surface area contributed by atoms with E-state index >= 15 is 0 Å². The van der Waals surface area contributed by atoms with Crippen LogP contribution in [-0.4, -0.2) is 39.3 Å². The van der Waals surface area contributed by atoms with Gasteiger partial charge in [-0.3, -0.25) is 9.78 Å². The number of hydrogen-bond donors (Lipinski definition) is 2. The molecule has 3 aromatic heterocycles. The van der Waals surface area contributed by atoms with Crippen molar-refractivity contribution >= 4 is 46.2 Å². The summed E-state index contributed by atoms with van der Waals surface area (Å²) < 4.78 is 7.09. The van der Waals surface area contributed by atoms with Gasteiger partial charge in [0.2, 0.25) is 5.91 Å². The number of benzene rings is 1. The Morgan fingerprint density at radius 3 is 2.59 bits per heavy atom. The molecule has 0 spiro atoms. The molecule has 2 N–H and O–H groups in total. The molecule has 10 heteroatoms. The van der Waals surface area contributed by atoms with E-state index in [0.29, 0.717) is 15.8 Å². The lowest BCUT2D eigenvalue weighted by molar-refractivity contribution is -0.119. The third-order valence-corrected chi connectivity index (χ3v) is 7.49. The molecular weight excluding hydrogens is 532 g/mol. The van der Waals surface area contributed by atoms with Crippen molar-refractivity contribution in [3.8, 4) is 5.82 Å². The fourth-order valence-corrected chi connectivity index (χ4v) is 5.71. The van der Waals surface area contributed by atoms with Crippen LogP contribution in [0.1, 0.15) is 40.3 Å². The highest BCUT2D eigenvalue weighted by atomic mass is 35.5. The average molecular weight is 561 g/mol. The molecule has 39 heavy (non-hydrogen) atoms. The zero-order chi connectivity index (χ0) is 27.7. The van der Waals surface area contributed by atoms with E-state index in [9.17, 15) is 4.79 Å². The Morgan fingerprint density at radius 1 is 1.10 bits per heavy atom. The lowest BCUT2D eigenvalue weighted by atomic mass is 9.96. The summed E-state index contributed by atoms with van der Waals surface area (Å²) in [5.41, 5.74) is 6.48. The fourth-order valence-electron chi connectivity index (χ4n) is 5.15. The van der Waals surface area contributed by atoms with Gasteiger partial charge >= 0.3 is 0 Å². The molecule has 1 aliphatic heterocycles. The van der Waals surface area contributed by atoms with Gasteiger partial charge in [0.05, 0.1) is 28.5 Å². The number of anilines is 2. The average Bonchev–Trinajstić information content (AvgIpc) is 3.41. The van der Waals surface area contributed by atoms with Crippen molar-refractivity contribution in [1.29, 1.82) is 0 Å². The van der Waals surface area contributed by atoms with Crippen LogP contribution in [0.5, 0.6) is 0 Å². The predicted molar refractivity (Wildman–Crippen MR) is 158 cm³/mol. The maximum Gasteiger partial charge on any atom is 0.250 e. The number of aryl methyl sites for hydroxylation is 2. The summed E-state index contributed by atoms with van der Waals surface area (Å²) in [5.74, 6) is 0.614. The maximum atomic E-state index is 12.1. The molecular formula is C29H29ClN6O2S. The molecule has 4 heterocycles. The first-order valence-electron chi connectivity index (χ1n) is 12.5. The standard InChI is InChI=1S/C29H29ClN6O2S/c1-17-8-7-13-32-28(17)35-18(2)14-21(19(35)3)27-26(24-9-5-6-12-31-24)34-29(39)36(27)20-10-11-23(22(30)15-20)33-25(37)16-38-4/h5-15,26-27H,16H2,1-4H3,(H,33,37)(H,34,39)/t26-,27+/m0/s1. The second kappa shape index (κ2) is 11.1. The number of aromatic nitrogens is 3. The number of carbonyl (C=O) groups is 1. The van der Waals surface area contributed by atoms with Gasteiger partial charge in [0, 0.05) is 36.6 Å². The van der Waals surface area contributed by atoms with E-state index < -0.39 is 0 Å². The largest absolute Gasteiger partial charge is 0.375 e. The van der Waals surface area contributed by atoms with Crippen LogP contribution in [0.15, 0.2) is 67.0 Å². The molecule has 4 aromatic rings. The first-order valence-corrected chi connectivity index (χ1v) is 13.3. The van der Waals surface area contributed by atoms with Crippen LogP contribution in [0.2, 0.25) is 5.02 Å². The molecule has 1 aromatic carbocycles. The van der Waals surface area contributed by atoms with Crippen LogP contribution < -0.4 is 15.5 Å². The Kier molecular flexibility index (Phi) is 7.65. The summed E-state index contributed by atoms with van der Waals surface area (Å²) in [4.78, 5) is 23.5. The second-order valence-electron chi connectivity index (χ2n) is 9.45. The molecule has 0 aliphatic carbocycles. The van der Waals surface area contributed by atoms with Gasteiger partial charge < -0.3 is 24.8 Å². The van der Waals surface area contributed by atoms with Crippen molar-refractivity contribution in [2.75, 3.05) is 23.9 Å². The topological polar surface area (TPSA) is 84.3 Å². The summed E-state index contributed by atoms with van der Waals surface area (Å²) in [5, 5.41) is 7.23. The van der Waals surface area contributed by atoms with Crippen molar-refractivity contribution in [2.24, 2.45) is 0 Å². The van der Waals surface area contributed by atoms with Gasteiger partial charge in [-0.1, -0.05) is 23.7 Å². The predicted octanol–water partition coefficient (Wildman–Crippen LogP) is 5.61. The Bertz CT molecular complexity index is 1540. The molecule has 1 fully saturated rings. The number of carbonyl (C=O) groups excluding carboxylic acids is 1. The number of rotatable bonds is 7. The zero-order valence-corrected chi connectivity index (χ0v) is 23.7. The SMILES string of the molecule is COCC(=O)Nc1ccc(N2C(=S)N[C@@H](c3ccccn3)[C@H]2c2cc(C)n(-c3ncccc3C)c2C)cc1Cl. The van der Waals surface area contributed by atoms with Crippen molar-refractivity contribution in [3.63, 3.8) is 0 Å². The highest BCUT2D eigenvalue weighted by molar-refractivity contribution is 7.80. The lowest BCUT2D eigenvalue weighted by Crippen LogP contribution is -2.29. The fraction of sp³-hybridized carbons (Fsp3) is 0.241. The van der Waals surface area contributed by atoms with Gasteiger partial charge in [0.15, 0.2) is 5.11 Å². The van der Waals surface area contributed by atoms with Gasteiger partial charge in [0.25, 0.3) is 0 Å². The molecule has 0 radical (unpaired) electrons. The third kappa shape index (κ3) is 5.13. The summed E-state index contributed by atoms with van der Waals surface area (Å²) >= 11 is 12.5. The molecule has 1 amide bonds. The summed E-state index contributed by atoms with van der Waals surface area (Å²) in [6, 6.07) is 17.1. The molecule has 0 saturated carbocycles. The number of ether oxygens (including phenoxy) is 1. The summed E-state index contributed by atoms with van der Waals surface area (Å²) in [6.07, 6.45) is 3.60. The minimum absolute atomic E-state index is 0.0581. The second-order valence-corrected chi connectivity index (χ2v) is 10.2. The Labute approximate surface area is 238 Å². The summed E-state index contributed by atoms with van der Waals surface area (Å²) in [6.45, 7) is 6.19. The smallest absolute Gasteiger partial charge is 0.250 e. The van der Waals surface area contributed by atoms with Gasteiger partial charge in [-0.15, -0.1) is 0 Å². The Morgan fingerprint density at radius 2 is 1.90 bits per heavy atom. The van der Waals surface area contributed by atoms with E-state index in [1.807, 2.05) is 42.6 Å². The molecule has 1 saturated heterocycles. The van der Waals surface area contributed by atoms with Crippen LogP contribution in [0.25, 0.3) is 5.82 Å². The van der Waals surface area contributed by atoms with E-state index in [0.717, 1.165) is 39.7 Å². The molecule has 200 valence electrons. The molecule has 0 unspecified atom stereocenters. The summed E-state index contributed by atoms with van der Waals surface area (Å²) in [7, 11) is 1.47. The number of thiocarbonyl (C=S) groups is 1. The normalized spacial score (nSPS) is 16.8. The van der Waals surface area contributed by atoms with Crippen LogP contribution in [0, 0.1) is 20.8 Å².